The van der Waals surface area contributed by atoms with Crippen LogP contribution in [0.1, 0.15) is 33.6 Å². The van der Waals surface area contributed by atoms with Crippen LogP contribution in [0.4, 0.5) is 0 Å². The van der Waals surface area contributed by atoms with Gasteiger partial charge in [0.25, 0.3) is 0 Å². The molecule has 2 atom stereocenters. The molecule has 0 bridgehead atoms. The number of aliphatic hydroxyl groups excluding tert-OH is 1. The molecule has 0 radical (unpaired) electrons. The van der Waals surface area contributed by atoms with Gasteiger partial charge >= 0.3 is 0 Å². The highest BCUT2D eigenvalue weighted by Gasteiger charge is 2.30. The molecule has 68 valence electrons. The summed E-state index contributed by atoms with van der Waals surface area (Å²) in [6, 6.07) is 0. The van der Waals surface area contributed by atoms with Crippen molar-refractivity contribution in [1.29, 1.82) is 0 Å². The van der Waals surface area contributed by atoms with Crippen molar-refractivity contribution in [2.24, 2.45) is 17.1 Å². The summed E-state index contributed by atoms with van der Waals surface area (Å²) in [6.45, 7) is 7.20. The number of hydrogen-bond donors (Lipinski definition) is 2. The van der Waals surface area contributed by atoms with Gasteiger partial charge in [-0.15, -0.1) is 0 Å². The third-order valence-electron chi connectivity index (χ3n) is 3.08. The molecule has 0 aliphatic rings. The lowest BCUT2D eigenvalue weighted by molar-refractivity contribution is 0.0700. The monoisotopic (exact) mass is 159 g/mol. The van der Waals surface area contributed by atoms with Gasteiger partial charge in [0, 0.05) is 12.0 Å². The van der Waals surface area contributed by atoms with E-state index in [1.54, 1.807) is 0 Å². The highest BCUT2D eigenvalue weighted by molar-refractivity contribution is 4.82. The van der Waals surface area contributed by atoms with E-state index in [1.807, 2.05) is 0 Å². The van der Waals surface area contributed by atoms with Crippen molar-refractivity contribution in [1.82, 2.24) is 0 Å². The molecule has 0 aromatic heterocycles. The lowest BCUT2D eigenvalue weighted by atomic mass is 9.73. The first kappa shape index (κ1) is 10.9. The Hall–Kier alpha value is -0.0800. The van der Waals surface area contributed by atoms with Gasteiger partial charge in [-0.3, -0.25) is 0 Å². The fourth-order valence-corrected chi connectivity index (χ4v) is 1.46. The Balaban J connectivity index is 4.26. The smallest absolute Gasteiger partial charge is 0.0501 e. The van der Waals surface area contributed by atoms with Crippen molar-refractivity contribution in [3.05, 3.63) is 0 Å². The van der Waals surface area contributed by atoms with Crippen LogP contribution in [0.3, 0.4) is 0 Å². The largest absolute Gasteiger partial charge is 0.396 e. The Bertz CT molecular complexity index is 91.5. The summed E-state index contributed by atoms with van der Waals surface area (Å²) < 4.78 is 0. The highest BCUT2D eigenvalue weighted by atomic mass is 16.3. The summed E-state index contributed by atoms with van der Waals surface area (Å²) in [7, 11) is 0. The van der Waals surface area contributed by atoms with E-state index in [1.165, 1.54) is 0 Å². The Morgan fingerprint density at radius 2 is 2.00 bits per heavy atom. The van der Waals surface area contributed by atoms with Gasteiger partial charge in [-0.1, -0.05) is 27.2 Å². The number of aliphatic hydroxyl groups is 1. The molecule has 0 aromatic rings. The van der Waals surface area contributed by atoms with Crippen LogP contribution in [-0.4, -0.2) is 18.3 Å². The third-order valence-corrected chi connectivity index (χ3v) is 3.08. The molecule has 0 saturated heterocycles. The van der Waals surface area contributed by atoms with Crippen LogP contribution in [0.15, 0.2) is 0 Å². The molecule has 0 amide bonds. The van der Waals surface area contributed by atoms with E-state index in [4.69, 9.17) is 5.73 Å². The maximum Gasteiger partial charge on any atom is 0.0501 e. The van der Waals surface area contributed by atoms with Crippen LogP contribution in [0, 0.1) is 11.3 Å². The third kappa shape index (κ3) is 2.17. The van der Waals surface area contributed by atoms with E-state index in [2.05, 4.69) is 20.8 Å². The first-order valence-corrected chi connectivity index (χ1v) is 4.47. The van der Waals surface area contributed by atoms with Crippen molar-refractivity contribution < 1.29 is 5.11 Å². The molecule has 2 heteroatoms. The molecule has 0 spiro atoms. The zero-order valence-corrected chi connectivity index (χ0v) is 7.93. The van der Waals surface area contributed by atoms with Gasteiger partial charge in [0.15, 0.2) is 0 Å². The molecule has 0 aromatic carbocycles. The molecule has 0 aliphatic carbocycles. The highest BCUT2D eigenvalue weighted by Crippen LogP contribution is 2.31. The molecule has 0 heterocycles. The lowest BCUT2D eigenvalue weighted by Gasteiger charge is -2.35. The van der Waals surface area contributed by atoms with Crippen LogP contribution < -0.4 is 5.73 Å². The topological polar surface area (TPSA) is 46.2 Å². The molecule has 3 N–H and O–H groups in total. The summed E-state index contributed by atoms with van der Waals surface area (Å²) in [5.74, 6) is 0.516. The van der Waals surface area contributed by atoms with Crippen LogP contribution in [0.2, 0.25) is 0 Å². The van der Waals surface area contributed by atoms with Gasteiger partial charge in [0.2, 0.25) is 0 Å². The summed E-state index contributed by atoms with van der Waals surface area (Å²) in [5, 5.41) is 9.20. The zero-order valence-electron chi connectivity index (χ0n) is 7.93. The molecular weight excluding hydrogens is 138 g/mol. The standard InChI is InChI=1S/C9H21NO/c1-4-8(3)9(5-2,6-10)7-11/h8,11H,4-7,10H2,1-3H3. The lowest BCUT2D eigenvalue weighted by Crippen LogP contribution is -2.39. The minimum Gasteiger partial charge on any atom is -0.396 e. The second kappa shape index (κ2) is 4.73. The van der Waals surface area contributed by atoms with E-state index >= 15 is 0 Å². The quantitative estimate of drug-likeness (QED) is 0.636. The molecule has 2 unspecified atom stereocenters. The van der Waals surface area contributed by atoms with E-state index < -0.39 is 0 Å². The predicted molar refractivity (Wildman–Crippen MR) is 48.3 cm³/mol. The van der Waals surface area contributed by atoms with Crippen molar-refractivity contribution in [2.45, 2.75) is 33.6 Å². The van der Waals surface area contributed by atoms with Gasteiger partial charge < -0.3 is 10.8 Å². The number of rotatable bonds is 5. The van der Waals surface area contributed by atoms with Gasteiger partial charge in [-0.05, 0) is 12.3 Å². The molecule has 0 saturated carbocycles. The predicted octanol–water partition coefficient (Wildman–Crippen LogP) is 1.38. The van der Waals surface area contributed by atoms with Crippen molar-refractivity contribution in [2.75, 3.05) is 13.2 Å². The molecule has 0 fully saturated rings. The fraction of sp³-hybridized carbons (Fsp3) is 1.00. The summed E-state index contributed by atoms with van der Waals surface area (Å²) in [5.41, 5.74) is 5.61. The molecule has 0 rings (SSSR count). The Morgan fingerprint density at radius 3 is 2.09 bits per heavy atom. The number of hydrogen-bond acceptors (Lipinski definition) is 2. The van der Waals surface area contributed by atoms with Crippen LogP contribution >= 0.6 is 0 Å². The second-order valence-electron chi connectivity index (χ2n) is 3.39. The molecular formula is C9H21NO. The number of nitrogens with two attached hydrogens (primary N) is 1. The molecule has 0 aliphatic heterocycles. The van der Waals surface area contributed by atoms with E-state index in [0.717, 1.165) is 12.8 Å². The summed E-state index contributed by atoms with van der Waals surface area (Å²) in [6.07, 6.45) is 2.06. The van der Waals surface area contributed by atoms with E-state index in [9.17, 15) is 5.11 Å². The van der Waals surface area contributed by atoms with E-state index in [-0.39, 0.29) is 12.0 Å². The van der Waals surface area contributed by atoms with Crippen molar-refractivity contribution in [3.8, 4) is 0 Å². The Labute approximate surface area is 69.8 Å². The van der Waals surface area contributed by atoms with Crippen LogP contribution in [0.5, 0.6) is 0 Å². The molecule has 2 nitrogen and oxygen atoms in total. The zero-order chi connectivity index (χ0) is 8.91. The Morgan fingerprint density at radius 1 is 1.45 bits per heavy atom. The summed E-state index contributed by atoms with van der Waals surface area (Å²) >= 11 is 0. The maximum absolute atomic E-state index is 9.20. The fourth-order valence-electron chi connectivity index (χ4n) is 1.46. The second-order valence-corrected chi connectivity index (χ2v) is 3.39. The minimum atomic E-state index is -0.0330. The van der Waals surface area contributed by atoms with Crippen molar-refractivity contribution in [3.63, 3.8) is 0 Å². The van der Waals surface area contributed by atoms with E-state index in [0.29, 0.717) is 12.5 Å². The Kier molecular flexibility index (Phi) is 4.69. The van der Waals surface area contributed by atoms with Gasteiger partial charge in [-0.25, -0.2) is 0 Å². The van der Waals surface area contributed by atoms with Gasteiger partial charge in [-0.2, -0.15) is 0 Å². The SMILES string of the molecule is CCC(C)C(CC)(CN)CO. The average molecular weight is 159 g/mol. The van der Waals surface area contributed by atoms with Crippen molar-refractivity contribution >= 4 is 0 Å². The van der Waals surface area contributed by atoms with Gasteiger partial charge in [0.1, 0.15) is 0 Å². The minimum absolute atomic E-state index is 0.0330. The maximum atomic E-state index is 9.20. The van der Waals surface area contributed by atoms with Crippen LogP contribution in [-0.2, 0) is 0 Å². The molecule has 11 heavy (non-hydrogen) atoms. The average Bonchev–Trinajstić information content (AvgIpc) is 2.08. The first-order chi connectivity index (χ1) is 5.16. The van der Waals surface area contributed by atoms with Gasteiger partial charge in [0.05, 0.1) is 6.61 Å². The summed E-state index contributed by atoms with van der Waals surface area (Å²) in [4.78, 5) is 0. The normalized spacial score (nSPS) is 19.4. The van der Waals surface area contributed by atoms with Crippen LogP contribution in [0.25, 0.3) is 0 Å². The first-order valence-electron chi connectivity index (χ1n) is 4.47.